The van der Waals surface area contributed by atoms with Crippen LogP contribution in [0.5, 0.6) is 0 Å². The van der Waals surface area contributed by atoms with Crippen LogP contribution >= 0.6 is 0 Å². The van der Waals surface area contributed by atoms with Crippen molar-refractivity contribution in [2.75, 3.05) is 11.5 Å². The van der Waals surface area contributed by atoms with Gasteiger partial charge >= 0.3 is 0 Å². The zero-order valence-corrected chi connectivity index (χ0v) is 7.78. The van der Waals surface area contributed by atoms with E-state index in [1.165, 1.54) is 0 Å². The minimum atomic E-state index is 0.223. The second kappa shape index (κ2) is 3.02. The summed E-state index contributed by atoms with van der Waals surface area (Å²) in [7, 11) is 0. The Morgan fingerprint density at radius 1 is 1.29 bits per heavy atom. The zero-order chi connectivity index (χ0) is 10.1. The van der Waals surface area contributed by atoms with Crippen LogP contribution in [-0.4, -0.2) is 15.2 Å². The highest BCUT2D eigenvalue weighted by molar-refractivity contribution is 5.74. The predicted molar refractivity (Wildman–Crippen MR) is 55.4 cm³/mol. The second-order valence-corrected chi connectivity index (χ2v) is 3.08. The fourth-order valence-electron chi connectivity index (χ4n) is 1.28. The van der Waals surface area contributed by atoms with E-state index in [4.69, 9.17) is 11.5 Å². The number of nitrogen functional groups attached to an aromatic ring is 2. The largest absolute Gasteiger partial charge is 0.398 e. The van der Waals surface area contributed by atoms with Crippen LogP contribution in [0.4, 0.5) is 11.6 Å². The zero-order valence-electron chi connectivity index (χ0n) is 7.78. The van der Waals surface area contributed by atoms with Crippen LogP contribution in [0.15, 0.2) is 18.2 Å². The monoisotopic (exact) mass is 189 g/mol. The number of rotatable bonds is 1. The summed E-state index contributed by atoms with van der Waals surface area (Å²) < 4.78 is 0. The van der Waals surface area contributed by atoms with Gasteiger partial charge in [-0.25, -0.2) is 0 Å². The second-order valence-electron chi connectivity index (χ2n) is 3.08. The lowest BCUT2D eigenvalue weighted by molar-refractivity contribution is 1.10. The molecule has 0 aliphatic carbocycles. The highest BCUT2D eigenvalue weighted by Gasteiger charge is 2.07. The molecule has 2 rings (SSSR count). The van der Waals surface area contributed by atoms with E-state index in [0.717, 1.165) is 11.1 Å². The molecular formula is C9H11N5. The van der Waals surface area contributed by atoms with E-state index in [0.29, 0.717) is 11.5 Å². The summed E-state index contributed by atoms with van der Waals surface area (Å²) in [5.41, 5.74) is 13.8. The third-order valence-corrected chi connectivity index (χ3v) is 2.08. The van der Waals surface area contributed by atoms with Gasteiger partial charge in [-0.05, 0) is 18.6 Å². The Labute approximate surface area is 81.2 Å². The Balaban J connectivity index is 2.57. The molecule has 0 saturated heterocycles. The van der Waals surface area contributed by atoms with Gasteiger partial charge in [0.25, 0.3) is 0 Å². The van der Waals surface area contributed by atoms with E-state index < -0.39 is 0 Å². The van der Waals surface area contributed by atoms with Crippen molar-refractivity contribution in [2.24, 2.45) is 0 Å². The van der Waals surface area contributed by atoms with Crippen molar-refractivity contribution in [3.05, 3.63) is 23.8 Å². The van der Waals surface area contributed by atoms with Gasteiger partial charge in [-0.3, -0.25) is 5.10 Å². The van der Waals surface area contributed by atoms with Crippen molar-refractivity contribution in [3.63, 3.8) is 0 Å². The molecule has 1 aromatic carbocycles. The topological polar surface area (TPSA) is 93.6 Å². The maximum atomic E-state index is 5.90. The number of aromatic amines is 1. The van der Waals surface area contributed by atoms with Gasteiger partial charge in [0.05, 0.1) is 0 Å². The fraction of sp³-hybridized carbons (Fsp3) is 0.111. The first kappa shape index (κ1) is 8.55. The van der Waals surface area contributed by atoms with Gasteiger partial charge in [0.15, 0.2) is 5.82 Å². The minimum Gasteiger partial charge on any atom is -0.398 e. The highest BCUT2D eigenvalue weighted by Crippen LogP contribution is 2.25. The van der Waals surface area contributed by atoms with E-state index in [2.05, 4.69) is 15.2 Å². The van der Waals surface area contributed by atoms with Crippen LogP contribution in [0, 0.1) is 6.92 Å². The molecule has 0 atom stereocenters. The molecule has 0 spiro atoms. The molecule has 0 radical (unpaired) electrons. The first-order valence-corrected chi connectivity index (χ1v) is 4.22. The SMILES string of the molecule is Cc1cccc(-c2nc(N)n[nH]2)c1N. The number of nitrogens with two attached hydrogens (primary N) is 2. The number of hydrogen-bond acceptors (Lipinski definition) is 4. The number of nitrogens with one attached hydrogen (secondary N) is 1. The van der Waals surface area contributed by atoms with Gasteiger partial charge in [-0.2, -0.15) is 4.98 Å². The summed E-state index contributed by atoms with van der Waals surface area (Å²) >= 11 is 0. The van der Waals surface area contributed by atoms with Crippen molar-refractivity contribution in [1.29, 1.82) is 0 Å². The molecule has 72 valence electrons. The molecule has 1 heterocycles. The number of nitrogens with zero attached hydrogens (tertiary/aromatic N) is 2. The molecule has 0 amide bonds. The maximum absolute atomic E-state index is 5.90. The van der Waals surface area contributed by atoms with E-state index in [1.807, 2.05) is 25.1 Å². The van der Waals surface area contributed by atoms with Gasteiger partial charge in [-0.1, -0.05) is 12.1 Å². The van der Waals surface area contributed by atoms with E-state index in [9.17, 15) is 0 Å². The average molecular weight is 189 g/mol. The number of H-pyrrole nitrogens is 1. The number of anilines is 2. The lowest BCUT2D eigenvalue weighted by atomic mass is 10.1. The van der Waals surface area contributed by atoms with Crippen LogP contribution in [0.25, 0.3) is 11.4 Å². The summed E-state index contributed by atoms with van der Waals surface area (Å²) in [5, 5.41) is 6.47. The summed E-state index contributed by atoms with van der Waals surface area (Å²) in [4.78, 5) is 4.01. The summed E-state index contributed by atoms with van der Waals surface area (Å²) in [5.74, 6) is 0.824. The van der Waals surface area contributed by atoms with Crippen molar-refractivity contribution in [3.8, 4) is 11.4 Å². The Morgan fingerprint density at radius 3 is 2.71 bits per heavy atom. The summed E-state index contributed by atoms with van der Waals surface area (Å²) in [6.07, 6.45) is 0. The number of aryl methyl sites for hydroxylation is 1. The molecule has 5 heteroatoms. The van der Waals surface area contributed by atoms with Crippen LogP contribution < -0.4 is 11.5 Å². The predicted octanol–water partition coefficient (Wildman–Crippen LogP) is 0.945. The molecule has 1 aromatic heterocycles. The third kappa shape index (κ3) is 1.28. The van der Waals surface area contributed by atoms with Crippen LogP contribution in [0.1, 0.15) is 5.56 Å². The van der Waals surface area contributed by atoms with Gasteiger partial charge < -0.3 is 11.5 Å². The van der Waals surface area contributed by atoms with Crippen molar-refractivity contribution < 1.29 is 0 Å². The minimum absolute atomic E-state index is 0.223. The van der Waals surface area contributed by atoms with Crippen molar-refractivity contribution in [1.82, 2.24) is 15.2 Å². The average Bonchev–Trinajstić information content (AvgIpc) is 2.57. The third-order valence-electron chi connectivity index (χ3n) is 2.08. The highest BCUT2D eigenvalue weighted by atomic mass is 15.3. The molecule has 0 aliphatic heterocycles. The smallest absolute Gasteiger partial charge is 0.239 e. The number of hydrogen-bond donors (Lipinski definition) is 3. The van der Waals surface area contributed by atoms with Gasteiger partial charge in [0, 0.05) is 11.3 Å². The fourth-order valence-corrected chi connectivity index (χ4v) is 1.28. The molecule has 0 aliphatic rings. The summed E-state index contributed by atoms with van der Waals surface area (Å²) in [6, 6.07) is 5.74. The van der Waals surface area contributed by atoms with Crippen LogP contribution in [0.3, 0.4) is 0 Å². The molecule has 0 fully saturated rings. The van der Waals surface area contributed by atoms with Crippen molar-refractivity contribution >= 4 is 11.6 Å². The number of para-hydroxylation sites is 1. The Hall–Kier alpha value is -2.04. The van der Waals surface area contributed by atoms with E-state index in [-0.39, 0.29) is 5.95 Å². The first-order valence-electron chi connectivity index (χ1n) is 4.22. The Kier molecular flexibility index (Phi) is 1.85. The molecule has 5 nitrogen and oxygen atoms in total. The Bertz CT molecular complexity index is 460. The van der Waals surface area contributed by atoms with Crippen LogP contribution in [0.2, 0.25) is 0 Å². The molecule has 0 bridgehead atoms. The van der Waals surface area contributed by atoms with Crippen LogP contribution in [-0.2, 0) is 0 Å². The lowest BCUT2D eigenvalue weighted by Gasteiger charge is -2.04. The molecule has 0 unspecified atom stereocenters. The molecule has 0 saturated carbocycles. The van der Waals surface area contributed by atoms with E-state index in [1.54, 1.807) is 0 Å². The maximum Gasteiger partial charge on any atom is 0.239 e. The molecular weight excluding hydrogens is 178 g/mol. The van der Waals surface area contributed by atoms with E-state index >= 15 is 0 Å². The molecule has 14 heavy (non-hydrogen) atoms. The molecule has 2 aromatic rings. The van der Waals surface area contributed by atoms with Gasteiger partial charge in [0.1, 0.15) is 0 Å². The quantitative estimate of drug-likeness (QED) is 0.582. The molecule has 5 N–H and O–H groups in total. The van der Waals surface area contributed by atoms with Gasteiger partial charge in [0.2, 0.25) is 5.95 Å². The summed E-state index contributed by atoms with van der Waals surface area (Å²) in [6.45, 7) is 1.94. The van der Waals surface area contributed by atoms with Crippen molar-refractivity contribution in [2.45, 2.75) is 6.92 Å². The Morgan fingerprint density at radius 2 is 2.07 bits per heavy atom. The number of aromatic nitrogens is 3. The normalized spacial score (nSPS) is 10.4. The standard InChI is InChI=1S/C9H11N5/c1-5-3-2-4-6(7(5)10)8-12-9(11)14-13-8/h2-4H,10H2,1H3,(H3,11,12,13,14). The first-order chi connectivity index (χ1) is 6.68. The van der Waals surface area contributed by atoms with Gasteiger partial charge in [-0.15, -0.1) is 5.10 Å². The number of benzene rings is 1. The lowest BCUT2D eigenvalue weighted by Crippen LogP contribution is -1.94.